The number of amides is 2. The van der Waals surface area contributed by atoms with Gasteiger partial charge in [-0.15, -0.1) is 0 Å². The topological polar surface area (TPSA) is 92.6 Å². The molecule has 3 N–H and O–H groups in total. The largest absolute Gasteiger partial charge is 0.379 e. The Hall–Kier alpha value is -2.23. The van der Waals surface area contributed by atoms with Gasteiger partial charge in [0, 0.05) is 42.5 Å². The maximum absolute atomic E-state index is 15.6. The van der Waals surface area contributed by atoms with Gasteiger partial charge in [-0.25, -0.2) is 4.39 Å². The van der Waals surface area contributed by atoms with Gasteiger partial charge in [-0.05, 0) is 35.6 Å². The molecule has 2 aromatic carbocycles. The number of ether oxygens (including phenoxy) is 1. The van der Waals surface area contributed by atoms with E-state index in [4.69, 9.17) is 27.9 Å². The monoisotopic (exact) mass is 562 g/mol. The van der Waals surface area contributed by atoms with Gasteiger partial charge in [0.2, 0.25) is 11.8 Å². The molecule has 2 fully saturated rings. The molecule has 204 valence electrons. The highest BCUT2D eigenvalue weighted by Crippen LogP contribution is 2.63. The van der Waals surface area contributed by atoms with E-state index in [1.807, 2.05) is 6.07 Å². The van der Waals surface area contributed by atoms with Crippen molar-refractivity contribution in [2.75, 3.05) is 44.7 Å². The summed E-state index contributed by atoms with van der Waals surface area (Å²) in [4.78, 5) is 30.4. The molecule has 38 heavy (non-hydrogen) atoms. The van der Waals surface area contributed by atoms with Crippen LogP contribution in [0.3, 0.4) is 0 Å². The van der Waals surface area contributed by atoms with Crippen molar-refractivity contribution in [3.63, 3.8) is 0 Å². The number of hydrogen-bond donors (Lipinski definition) is 3. The van der Waals surface area contributed by atoms with Gasteiger partial charge in [0.15, 0.2) is 0 Å². The number of carbonyl (C=O) groups is 2. The highest BCUT2D eigenvalue weighted by molar-refractivity contribution is 6.31. The van der Waals surface area contributed by atoms with Gasteiger partial charge in [-0.3, -0.25) is 19.8 Å². The molecular weight excluding hydrogens is 530 g/mol. The number of nitrogens with one attached hydrogen (secondary N) is 3. The van der Waals surface area contributed by atoms with Crippen molar-refractivity contribution < 1.29 is 18.7 Å². The van der Waals surface area contributed by atoms with Crippen molar-refractivity contribution in [3.8, 4) is 0 Å². The molecule has 2 saturated heterocycles. The lowest BCUT2D eigenvalue weighted by atomic mass is 9.69. The maximum Gasteiger partial charge on any atom is 0.243 e. The van der Waals surface area contributed by atoms with E-state index in [9.17, 15) is 9.59 Å². The van der Waals surface area contributed by atoms with Crippen LogP contribution in [0.4, 0.5) is 10.1 Å². The highest BCUT2D eigenvalue weighted by Gasteiger charge is 2.79. The third-order valence-electron chi connectivity index (χ3n) is 7.68. The maximum atomic E-state index is 15.6. The summed E-state index contributed by atoms with van der Waals surface area (Å²) in [5, 5.41) is 9.84. The second-order valence-corrected chi connectivity index (χ2v) is 12.4. The third-order valence-corrected chi connectivity index (χ3v) is 8.21. The van der Waals surface area contributed by atoms with E-state index in [-0.39, 0.29) is 21.9 Å². The molecule has 3 unspecified atom stereocenters. The molecule has 0 spiro atoms. The first kappa shape index (κ1) is 27.3. The minimum absolute atomic E-state index is 0.0699. The fourth-order valence-electron chi connectivity index (χ4n) is 6.16. The van der Waals surface area contributed by atoms with E-state index >= 15 is 4.39 Å². The number of morpholine rings is 1. The molecule has 10 heteroatoms. The Bertz CT molecular complexity index is 1260. The van der Waals surface area contributed by atoms with Gasteiger partial charge in [-0.1, -0.05) is 62.2 Å². The van der Waals surface area contributed by atoms with Crippen LogP contribution in [0.2, 0.25) is 10.0 Å². The molecule has 0 aliphatic carbocycles. The summed E-state index contributed by atoms with van der Waals surface area (Å²) in [6.45, 7) is 10.2. The van der Waals surface area contributed by atoms with Crippen LogP contribution in [0.1, 0.15) is 44.2 Å². The molecule has 2 amide bonds. The fraction of sp³-hybridized carbons (Fsp3) is 0.500. The second kappa shape index (κ2) is 10.1. The molecule has 3 heterocycles. The molecule has 0 radical (unpaired) electrons. The molecule has 7 nitrogen and oxygen atoms in total. The predicted octanol–water partition coefficient (Wildman–Crippen LogP) is 4.29. The van der Waals surface area contributed by atoms with E-state index < -0.39 is 28.7 Å². The second-order valence-electron chi connectivity index (χ2n) is 11.5. The van der Waals surface area contributed by atoms with Gasteiger partial charge >= 0.3 is 0 Å². The number of nitrogens with zero attached hydrogens (tertiary/aromatic N) is 1. The minimum atomic E-state index is -1.44. The van der Waals surface area contributed by atoms with Crippen molar-refractivity contribution in [2.45, 2.75) is 44.2 Å². The molecule has 2 aromatic rings. The van der Waals surface area contributed by atoms with Crippen molar-refractivity contribution in [1.29, 1.82) is 0 Å². The summed E-state index contributed by atoms with van der Waals surface area (Å²) in [5.41, 5.74) is -1.32. The summed E-state index contributed by atoms with van der Waals surface area (Å²) < 4.78 is 21.0. The van der Waals surface area contributed by atoms with Gasteiger partial charge in [-0.2, -0.15) is 0 Å². The highest BCUT2D eigenvalue weighted by atomic mass is 35.5. The summed E-state index contributed by atoms with van der Waals surface area (Å²) in [5.74, 6) is -2.74. The Morgan fingerprint density at radius 3 is 2.66 bits per heavy atom. The Kier molecular flexibility index (Phi) is 7.24. The third kappa shape index (κ3) is 4.71. The zero-order valence-electron chi connectivity index (χ0n) is 21.8. The first-order valence-electron chi connectivity index (χ1n) is 12.9. The van der Waals surface area contributed by atoms with Crippen LogP contribution in [0, 0.1) is 11.2 Å². The lowest BCUT2D eigenvalue weighted by Gasteiger charge is -2.32. The summed E-state index contributed by atoms with van der Waals surface area (Å²) >= 11 is 12.5. The summed E-state index contributed by atoms with van der Waals surface area (Å²) in [7, 11) is 0. The molecule has 0 bridgehead atoms. The zero-order chi connectivity index (χ0) is 27.3. The van der Waals surface area contributed by atoms with Crippen LogP contribution < -0.4 is 16.0 Å². The molecule has 3 aliphatic rings. The normalized spacial score (nSPS) is 27.1. The Balaban J connectivity index is 1.62. The molecule has 0 aromatic heterocycles. The Morgan fingerprint density at radius 1 is 1.21 bits per heavy atom. The van der Waals surface area contributed by atoms with Crippen molar-refractivity contribution >= 4 is 40.7 Å². The van der Waals surface area contributed by atoms with Crippen LogP contribution in [-0.2, 0) is 19.9 Å². The van der Waals surface area contributed by atoms with Crippen molar-refractivity contribution in [1.82, 2.24) is 15.5 Å². The number of rotatable bonds is 6. The summed E-state index contributed by atoms with van der Waals surface area (Å²) in [6, 6.07) is 9.83. The Morgan fingerprint density at radius 2 is 1.95 bits per heavy atom. The standard InChI is InChI=1S/C28H33Cl2FN4O3/c1-26(2,3)16-27-19-8-7-17(29)15-21(19)33-24(36)22(18-5-4-6-20(30)23(18)31)28(27,34-27)25(37)32-9-10-35-11-13-38-14-12-35/h4-8,15,22,34H,9-14,16H2,1-3H3,(H,32,37)(H,33,36). The van der Waals surface area contributed by atoms with Crippen molar-refractivity contribution in [3.05, 3.63) is 63.4 Å². The fourth-order valence-corrected chi connectivity index (χ4v) is 6.52. The smallest absolute Gasteiger partial charge is 0.243 e. The number of fused-ring (bicyclic) bond motifs is 3. The number of carbonyl (C=O) groups excluding carboxylic acids is 2. The van der Waals surface area contributed by atoms with E-state index in [1.54, 1.807) is 18.2 Å². The number of hydrogen-bond acceptors (Lipinski definition) is 5. The SMILES string of the molecule is CC(C)(C)CC12NC1(C(=O)NCCN1CCOCC1)C(c1cccc(Cl)c1F)C(=O)Nc1cc(Cl)ccc12. The van der Waals surface area contributed by atoms with Crippen LogP contribution >= 0.6 is 23.2 Å². The van der Waals surface area contributed by atoms with Gasteiger partial charge < -0.3 is 15.4 Å². The van der Waals surface area contributed by atoms with Gasteiger partial charge in [0.1, 0.15) is 11.4 Å². The number of anilines is 1. The first-order valence-corrected chi connectivity index (χ1v) is 13.7. The van der Waals surface area contributed by atoms with E-state index in [2.05, 4.69) is 41.6 Å². The molecule has 5 rings (SSSR count). The van der Waals surface area contributed by atoms with Crippen LogP contribution in [0.25, 0.3) is 0 Å². The Labute approximate surface area is 232 Å². The van der Waals surface area contributed by atoms with Gasteiger partial charge in [0.05, 0.1) is 29.7 Å². The predicted molar refractivity (Wildman–Crippen MR) is 146 cm³/mol. The average Bonchev–Trinajstić information content (AvgIpc) is 3.51. The summed E-state index contributed by atoms with van der Waals surface area (Å²) in [6.07, 6.45) is 0.513. The van der Waals surface area contributed by atoms with E-state index in [0.717, 1.165) is 18.7 Å². The molecule has 3 aliphatic heterocycles. The van der Waals surface area contributed by atoms with Crippen LogP contribution in [-0.4, -0.2) is 61.6 Å². The lowest BCUT2D eigenvalue weighted by Crippen LogP contribution is -2.51. The van der Waals surface area contributed by atoms with Crippen LogP contribution in [0.15, 0.2) is 36.4 Å². The van der Waals surface area contributed by atoms with Crippen LogP contribution in [0.5, 0.6) is 0 Å². The van der Waals surface area contributed by atoms with Gasteiger partial charge in [0.25, 0.3) is 0 Å². The minimum Gasteiger partial charge on any atom is -0.379 e. The molecule has 3 atom stereocenters. The average molecular weight is 564 g/mol. The quantitative estimate of drug-likeness (QED) is 0.457. The first-order chi connectivity index (χ1) is 18.0. The number of benzene rings is 2. The van der Waals surface area contributed by atoms with E-state index in [0.29, 0.717) is 43.4 Å². The molecule has 0 saturated carbocycles. The number of halogens is 3. The molecular formula is C28H33Cl2FN4O3. The lowest BCUT2D eigenvalue weighted by molar-refractivity contribution is -0.129. The van der Waals surface area contributed by atoms with Crippen molar-refractivity contribution in [2.24, 2.45) is 5.41 Å². The van der Waals surface area contributed by atoms with E-state index in [1.165, 1.54) is 12.1 Å². The zero-order valence-corrected chi connectivity index (χ0v) is 23.3.